The van der Waals surface area contributed by atoms with Gasteiger partial charge in [-0.15, -0.1) is 0 Å². The van der Waals surface area contributed by atoms with Gasteiger partial charge in [0.2, 0.25) is 0 Å². The molecule has 2 bridgehead atoms. The lowest BCUT2D eigenvalue weighted by Gasteiger charge is -2.38. The molecule has 3 rings (SSSR count). The number of unbranched alkanes of at least 4 members (excludes halogenated alkanes) is 3. The third-order valence-corrected chi connectivity index (χ3v) is 7.60. The highest BCUT2D eigenvalue weighted by Gasteiger charge is 2.56. The highest BCUT2D eigenvalue weighted by atomic mass is 16.5. The molecule has 0 amide bonds. The maximum atomic E-state index is 10.7. The molecule has 4 heteroatoms. The Morgan fingerprint density at radius 3 is 2.79 bits per heavy atom. The van der Waals surface area contributed by atoms with Crippen molar-refractivity contribution in [3.05, 3.63) is 60.2 Å². The first-order chi connectivity index (χ1) is 16.0. The topological polar surface area (TPSA) is 66.8 Å². The molecule has 2 N–H and O–H groups in total. The lowest BCUT2D eigenvalue weighted by atomic mass is 9.70. The fraction of sp³-hybridized carbons (Fsp3) is 0.621. The van der Waals surface area contributed by atoms with Crippen LogP contribution in [0.25, 0.3) is 0 Å². The molecule has 2 fully saturated rings. The van der Waals surface area contributed by atoms with Crippen molar-refractivity contribution in [1.29, 1.82) is 0 Å². The van der Waals surface area contributed by atoms with E-state index in [0.29, 0.717) is 18.3 Å². The van der Waals surface area contributed by atoms with Crippen LogP contribution in [-0.2, 0) is 16.0 Å². The Morgan fingerprint density at radius 1 is 1.21 bits per heavy atom. The maximum absolute atomic E-state index is 10.7. The van der Waals surface area contributed by atoms with Gasteiger partial charge in [-0.25, -0.2) is 0 Å². The van der Waals surface area contributed by atoms with Gasteiger partial charge in [-0.2, -0.15) is 0 Å². The number of carbonyl (C=O) groups is 1. The first kappa shape index (κ1) is 25.7. The second-order valence-corrected chi connectivity index (χ2v) is 10.0. The minimum absolute atomic E-state index is 0.175. The molecule has 33 heavy (non-hydrogen) atoms. The van der Waals surface area contributed by atoms with E-state index in [4.69, 9.17) is 9.84 Å². The summed E-state index contributed by atoms with van der Waals surface area (Å²) < 4.78 is 6.27. The highest BCUT2D eigenvalue weighted by Crippen LogP contribution is 2.58. The molecule has 1 aliphatic heterocycles. The smallest absolute Gasteiger partial charge is 0.303 e. The first-order valence-corrected chi connectivity index (χ1v) is 12.9. The fourth-order valence-electron chi connectivity index (χ4n) is 5.72. The van der Waals surface area contributed by atoms with Crippen molar-refractivity contribution in [3.63, 3.8) is 0 Å². The summed E-state index contributed by atoms with van der Waals surface area (Å²) >= 11 is 0. The van der Waals surface area contributed by atoms with Crippen molar-refractivity contribution < 1.29 is 19.7 Å². The number of ether oxygens (including phenoxy) is 1. The SMILES string of the molecule is CCCCC[C@H](O)C=C[C@@H]1[C@@H](CC=CCCCC(=O)O)[C@@]2(CCc3ccccc3)CO[C@@H]1C2. The second kappa shape index (κ2) is 13.1. The molecule has 0 spiro atoms. The number of fused-ring (bicyclic) bond motifs is 2. The van der Waals surface area contributed by atoms with Gasteiger partial charge in [0.05, 0.1) is 18.8 Å². The maximum Gasteiger partial charge on any atom is 0.303 e. The molecule has 1 heterocycles. The number of benzene rings is 1. The van der Waals surface area contributed by atoms with Crippen LogP contribution in [0.4, 0.5) is 0 Å². The summed E-state index contributed by atoms with van der Waals surface area (Å²) in [6, 6.07) is 10.7. The molecular weight excluding hydrogens is 412 g/mol. The molecule has 1 saturated carbocycles. The Morgan fingerprint density at radius 2 is 2.03 bits per heavy atom. The zero-order valence-electron chi connectivity index (χ0n) is 20.2. The fourth-order valence-corrected chi connectivity index (χ4v) is 5.72. The Balaban J connectivity index is 1.65. The van der Waals surface area contributed by atoms with Crippen molar-refractivity contribution in [1.82, 2.24) is 0 Å². The summed E-state index contributed by atoms with van der Waals surface area (Å²) in [6.45, 7) is 3.01. The average Bonchev–Trinajstić information content (AvgIpc) is 3.36. The van der Waals surface area contributed by atoms with Crippen molar-refractivity contribution in [2.24, 2.45) is 17.3 Å². The van der Waals surface area contributed by atoms with Crippen LogP contribution in [0.2, 0.25) is 0 Å². The minimum atomic E-state index is -0.726. The summed E-state index contributed by atoms with van der Waals surface area (Å²) in [5.41, 5.74) is 1.55. The number of rotatable bonds is 15. The van der Waals surface area contributed by atoms with Crippen LogP contribution in [-0.4, -0.2) is 35.0 Å². The van der Waals surface area contributed by atoms with E-state index in [1.54, 1.807) is 0 Å². The van der Waals surface area contributed by atoms with Crippen LogP contribution in [0, 0.1) is 17.3 Å². The third-order valence-electron chi connectivity index (χ3n) is 7.60. The molecule has 1 saturated heterocycles. The van der Waals surface area contributed by atoms with Crippen LogP contribution < -0.4 is 0 Å². The Bertz CT molecular complexity index is 771. The number of allylic oxidation sites excluding steroid dienone is 2. The number of aliphatic carboxylic acids is 1. The summed E-state index contributed by atoms with van der Waals surface area (Å²) in [5, 5.41) is 19.3. The number of carboxylic acids is 1. The average molecular weight is 455 g/mol. The van der Waals surface area contributed by atoms with Crippen LogP contribution in [0.1, 0.15) is 76.7 Å². The van der Waals surface area contributed by atoms with E-state index < -0.39 is 5.97 Å². The van der Waals surface area contributed by atoms with E-state index >= 15 is 0 Å². The monoisotopic (exact) mass is 454 g/mol. The quantitative estimate of drug-likeness (QED) is 0.240. The van der Waals surface area contributed by atoms with E-state index in [9.17, 15) is 9.90 Å². The van der Waals surface area contributed by atoms with Gasteiger partial charge in [0, 0.05) is 17.8 Å². The van der Waals surface area contributed by atoms with Gasteiger partial charge < -0.3 is 14.9 Å². The number of aliphatic hydroxyl groups is 1. The normalized spacial score (nSPS) is 27.6. The number of aliphatic hydroxyl groups excluding tert-OH is 1. The van der Waals surface area contributed by atoms with E-state index in [1.807, 2.05) is 6.08 Å². The lowest BCUT2D eigenvalue weighted by molar-refractivity contribution is -0.137. The molecule has 1 aromatic carbocycles. The molecule has 0 unspecified atom stereocenters. The Hall–Kier alpha value is -1.91. The summed E-state index contributed by atoms with van der Waals surface area (Å²) in [4.78, 5) is 10.7. The van der Waals surface area contributed by atoms with Crippen molar-refractivity contribution in [3.8, 4) is 0 Å². The van der Waals surface area contributed by atoms with Gasteiger partial charge in [0.15, 0.2) is 0 Å². The molecule has 182 valence electrons. The third kappa shape index (κ3) is 7.55. The molecule has 0 radical (unpaired) electrons. The summed E-state index contributed by atoms with van der Waals surface area (Å²) in [6.07, 6.45) is 18.8. The van der Waals surface area contributed by atoms with E-state index in [2.05, 4.69) is 55.5 Å². The zero-order chi connectivity index (χ0) is 23.5. The second-order valence-electron chi connectivity index (χ2n) is 10.0. The van der Waals surface area contributed by atoms with Crippen molar-refractivity contribution in [2.45, 2.75) is 89.8 Å². The largest absolute Gasteiger partial charge is 0.481 e. The van der Waals surface area contributed by atoms with Gasteiger partial charge in [-0.05, 0) is 56.4 Å². The lowest BCUT2D eigenvalue weighted by Crippen LogP contribution is -2.36. The standard InChI is InChI=1S/C29H42O4/c1-2-3-7-14-24(30)17-18-25-26(15-10-4-5-11-16-28(31)32)29(21-27(25)33-22-29)20-19-23-12-8-6-9-13-23/h4,6,8-10,12-13,17-18,24-27,30H,2-3,5,7,11,14-16,19-22H2,1H3,(H,31,32)/t24-,25+,26+,27+,29+/m0/s1. The Kier molecular flexibility index (Phi) is 10.2. The molecule has 1 aliphatic carbocycles. The molecule has 2 aliphatic rings. The van der Waals surface area contributed by atoms with Crippen LogP contribution >= 0.6 is 0 Å². The first-order valence-electron chi connectivity index (χ1n) is 12.9. The number of hydrogen-bond acceptors (Lipinski definition) is 3. The molecule has 0 aromatic heterocycles. The van der Waals surface area contributed by atoms with E-state index in [-0.39, 0.29) is 24.0 Å². The van der Waals surface area contributed by atoms with E-state index in [1.165, 1.54) is 12.0 Å². The number of hydrogen-bond donors (Lipinski definition) is 2. The van der Waals surface area contributed by atoms with Crippen LogP contribution in [0.15, 0.2) is 54.6 Å². The Labute approximate surface area is 199 Å². The number of carboxylic acid groups (broad SMARTS) is 1. The summed E-state index contributed by atoms with van der Waals surface area (Å²) in [7, 11) is 0. The zero-order valence-corrected chi connectivity index (χ0v) is 20.2. The predicted octanol–water partition coefficient (Wildman–Crippen LogP) is 6.34. The van der Waals surface area contributed by atoms with Crippen LogP contribution in [0.3, 0.4) is 0 Å². The van der Waals surface area contributed by atoms with Gasteiger partial charge in [-0.1, -0.05) is 80.8 Å². The predicted molar refractivity (Wildman–Crippen MR) is 133 cm³/mol. The van der Waals surface area contributed by atoms with Crippen molar-refractivity contribution in [2.75, 3.05) is 6.61 Å². The number of aryl methyl sites for hydroxylation is 1. The minimum Gasteiger partial charge on any atom is -0.481 e. The summed E-state index contributed by atoms with van der Waals surface area (Å²) in [5.74, 6) is 0.102. The molecular formula is C29H42O4. The van der Waals surface area contributed by atoms with Gasteiger partial charge >= 0.3 is 5.97 Å². The molecule has 4 nitrogen and oxygen atoms in total. The molecule has 5 atom stereocenters. The van der Waals surface area contributed by atoms with Crippen LogP contribution in [0.5, 0.6) is 0 Å². The highest BCUT2D eigenvalue weighted by molar-refractivity contribution is 5.66. The molecule has 1 aromatic rings. The van der Waals surface area contributed by atoms with Gasteiger partial charge in [0.1, 0.15) is 0 Å². The van der Waals surface area contributed by atoms with Gasteiger partial charge in [0.25, 0.3) is 0 Å². The van der Waals surface area contributed by atoms with Gasteiger partial charge in [-0.3, -0.25) is 4.79 Å². The van der Waals surface area contributed by atoms with Crippen molar-refractivity contribution >= 4 is 5.97 Å². The van der Waals surface area contributed by atoms with E-state index in [0.717, 1.165) is 58.0 Å².